The van der Waals surface area contributed by atoms with Crippen molar-refractivity contribution in [2.24, 2.45) is 0 Å². The Balaban J connectivity index is 2.68. The van der Waals surface area contributed by atoms with Crippen molar-refractivity contribution < 1.29 is 5.32 Å². The topological polar surface area (TPSA) is 16.6 Å². The van der Waals surface area contributed by atoms with Crippen molar-refractivity contribution in [2.45, 2.75) is 0 Å². The molecule has 0 atom stereocenters. The predicted octanol–water partition coefficient (Wildman–Crippen LogP) is -0.0782. The van der Waals surface area contributed by atoms with E-state index in [1.54, 1.807) is 0 Å². The van der Waals surface area contributed by atoms with Crippen molar-refractivity contribution in [3.8, 4) is 0 Å². The first-order valence-corrected chi connectivity index (χ1v) is 2.45. The first kappa shape index (κ1) is 6.44. The van der Waals surface area contributed by atoms with Gasteiger partial charge in [0, 0.05) is 0 Å². The smallest absolute Gasteiger partial charge is 0.0942 e. The number of rotatable bonds is 4. The van der Waals surface area contributed by atoms with Crippen molar-refractivity contribution >= 4 is 0 Å². The number of quaternary nitrogens is 1. The molecule has 0 spiro atoms. The fourth-order valence-corrected chi connectivity index (χ4v) is 0.332. The molecule has 0 aliphatic rings. The largest absolute Gasteiger partial charge is 0.340 e. The van der Waals surface area contributed by atoms with E-state index in [0.29, 0.717) is 0 Å². The van der Waals surface area contributed by atoms with Crippen molar-refractivity contribution in [1.82, 2.24) is 0 Å². The van der Waals surface area contributed by atoms with Crippen LogP contribution in [0.25, 0.3) is 0 Å². The first-order chi connectivity index (χ1) is 3.41. The van der Waals surface area contributed by atoms with E-state index in [9.17, 15) is 0 Å². The zero-order valence-corrected chi connectivity index (χ0v) is 4.56. The Morgan fingerprint density at radius 2 is 1.57 bits per heavy atom. The lowest BCUT2D eigenvalue weighted by Gasteiger charge is -1.86. The molecule has 2 N–H and O–H groups in total. The second kappa shape index (κ2) is 5.44. The van der Waals surface area contributed by atoms with Crippen LogP contribution in [0.1, 0.15) is 0 Å². The van der Waals surface area contributed by atoms with Gasteiger partial charge in [-0.3, -0.25) is 0 Å². The van der Waals surface area contributed by atoms with E-state index in [0.717, 1.165) is 13.1 Å². The Kier molecular flexibility index (Phi) is 5.00. The SMILES string of the molecule is C=CC[NH2+]CC=C. The normalized spacial score (nSPS) is 8.00. The molecule has 0 bridgehead atoms. The molecule has 7 heavy (non-hydrogen) atoms. The van der Waals surface area contributed by atoms with Gasteiger partial charge in [0.1, 0.15) is 0 Å². The van der Waals surface area contributed by atoms with Crippen molar-refractivity contribution in [3.05, 3.63) is 25.3 Å². The molecule has 0 saturated heterocycles. The number of nitrogens with two attached hydrogens (primary N) is 1. The lowest BCUT2D eigenvalue weighted by atomic mass is 10.5. The second-order valence-electron chi connectivity index (χ2n) is 1.34. The number of hydrogen-bond donors (Lipinski definition) is 1. The molecule has 0 fully saturated rings. The monoisotopic (exact) mass is 98.1 g/mol. The molecule has 1 heteroatoms. The molecule has 0 aliphatic heterocycles. The van der Waals surface area contributed by atoms with Gasteiger partial charge in [0.2, 0.25) is 0 Å². The maximum Gasteiger partial charge on any atom is 0.0942 e. The lowest BCUT2D eigenvalue weighted by Crippen LogP contribution is -2.83. The highest BCUT2D eigenvalue weighted by molar-refractivity contribution is 4.65. The van der Waals surface area contributed by atoms with Crippen LogP contribution in [0.3, 0.4) is 0 Å². The van der Waals surface area contributed by atoms with Crippen LogP contribution < -0.4 is 5.32 Å². The Morgan fingerprint density at radius 3 is 1.86 bits per heavy atom. The first-order valence-electron chi connectivity index (χ1n) is 2.45. The van der Waals surface area contributed by atoms with Gasteiger partial charge >= 0.3 is 0 Å². The second-order valence-corrected chi connectivity index (χ2v) is 1.34. The number of hydrogen-bond acceptors (Lipinski definition) is 0. The summed E-state index contributed by atoms with van der Waals surface area (Å²) in [6.07, 6.45) is 3.76. The highest BCUT2D eigenvalue weighted by Gasteiger charge is 1.73. The fraction of sp³-hybridized carbons (Fsp3) is 0.333. The molecule has 0 radical (unpaired) electrons. The van der Waals surface area contributed by atoms with Crippen LogP contribution in [0.5, 0.6) is 0 Å². The minimum Gasteiger partial charge on any atom is -0.340 e. The van der Waals surface area contributed by atoms with E-state index in [1.807, 2.05) is 12.2 Å². The Hall–Kier alpha value is -0.560. The van der Waals surface area contributed by atoms with E-state index < -0.39 is 0 Å². The zero-order chi connectivity index (χ0) is 5.54. The molecular formula is C6H12N+. The summed E-state index contributed by atoms with van der Waals surface area (Å²) in [4.78, 5) is 0. The van der Waals surface area contributed by atoms with Gasteiger partial charge in [0.15, 0.2) is 0 Å². The highest BCUT2D eigenvalue weighted by atomic mass is 14.8. The van der Waals surface area contributed by atoms with Crippen LogP contribution in [-0.2, 0) is 0 Å². The molecule has 0 aromatic carbocycles. The minimum atomic E-state index is 0.992. The van der Waals surface area contributed by atoms with E-state index in [-0.39, 0.29) is 0 Å². The Labute approximate surface area is 44.7 Å². The van der Waals surface area contributed by atoms with Crippen molar-refractivity contribution in [1.29, 1.82) is 0 Å². The third kappa shape index (κ3) is 5.44. The van der Waals surface area contributed by atoms with Crippen LogP contribution in [0.4, 0.5) is 0 Å². The molecule has 0 heterocycles. The third-order valence-electron chi connectivity index (χ3n) is 0.667. The van der Waals surface area contributed by atoms with Gasteiger partial charge in [-0.1, -0.05) is 13.2 Å². The Bertz CT molecular complexity index is 49.2. The minimum absolute atomic E-state index is 0.992. The zero-order valence-electron chi connectivity index (χ0n) is 4.56. The maximum atomic E-state index is 3.57. The molecule has 0 aromatic rings. The van der Waals surface area contributed by atoms with Crippen LogP contribution in [-0.4, -0.2) is 13.1 Å². The summed E-state index contributed by atoms with van der Waals surface area (Å²) >= 11 is 0. The van der Waals surface area contributed by atoms with Gasteiger partial charge in [-0.15, -0.1) is 0 Å². The molecule has 0 aromatic heterocycles. The highest BCUT2D eigenvalue weighted by Crippen LogP contribution is 1.47. The quantitative estimate of drug-likeness (QED) is 0.374. The average Bonchev–Trinajstić information content (AvgIpc) is 1.69. The maximum absolute atomic E-state index is 3.57. The van der Waals surface area contributed by atoms with Crippen LogP contribution in [0, 0.1) is 0 Å². The fourth-order valence-electron chi connectivity index (χ4n) is 0.332. The summed E-state index contributed by atoms with van der Waals surface area (Å²) in [5, 5.41) is 2.12. The average molecular weight is 98.2 g/mol. The van der Waals surface area contributed by atoms with E-state index >= 15 is 0 Å². The van der Waals surface area contributed by atoms with Gasteiger partial charge < -0.3 is 5.32 Å². The van der Waals surface area contributed by atoms with Crippen molar-refractivity contribution in [2.75, 3.05) is 13.1 Å². The van der Waals surface area contributed by atoms with E-state index in [1.165, 1.54) is 0 Å². The van der Waals surface area contributed by atoms with E-state index in [4.69, 9.17) is 0 Å². The summed E-state index contributed by atoms with van der Waals surface area (Å²) in [7, 11) is 0. The molecule has 0 unspecified atom stereocenters. The van der Waals surface area contributed by atoms with Gasteiger partial charge in [0.05, 0.1) is 13.1 Å². The predicted molar refractivity (Wildman–Crippen MR) is 32.1 cm³/mol. The van der Waals surface area contributed by atoms with Gasteiger partial charge in [-0.2, -0.15) is 0 Å². The van der Waals surface area contributed by atoms with Gasteiger partial charge in [-0.05, 0) is 12.2 Å². The molecule has 0 amide bonds. The van der Waals surface area contributed by atoms with Crippen LogP contribution in [0.15, 0.2) is 25.3 Å². The molecular weight excluding hydrogens is 86.1 g/mol. The summed E-state index contributed by atoms with van der Waals surface area (Å²) in [5.41, 5.74) is 0. The summed E-state index contributed by atoms with van der Waals surface area (Å²) < 4.78 is 0. The molecule has 0 aliphatic carbocycles. The standard InChI is InChI=1S/C6H11N/c1-3-5-7-6-4-2/h3-4,7H,1-2,5-6H2/p+1. The van der Waals surface area contributed by atoms with Crippen LogP contribution in [0.2, 0.25) is 0 Å². The summed E-state index contributed by atoms with van der Waals surface area (Å²) in [6.45, 7) is 9.12. The molecule has 40 valence electrons. The van der Waals surface area contributed by atoms with Crippen molar-refractivity contribution in [3.63, 3.8) is 0 Å². The van der Waals surface area contributed by atoms with Gasteiger partial charge in [0.25, 0.3) is 0 Å². The molecule has 1 nitrogen and oxygen atoms in total. The lowest BCUT2D eigenvalue weighted by molar-refractivity contribution is -0.636. The summed E-state index contributed by atoms with van der Waals surface area (Å²) in [5.74, 6) is 0. The van der Waals surface area contributed by atoms with E-state index in [2.05, 4.69) is 18.5 Å². The van der Waals surface area contributed by atoms with Gasteiger partial charge in [-0.25, -0.2) is 0 Å². The summed E-state index contributed by atoms with van der Waals surface area (Å²) in [6, 6.07) is 0. The van der Waals surface area contributed by atoms with Crippen LogP contribution >= 0.6 is 0 Å². The molecule has 0 rings (SSSR count). The Morgan fingerprint density at radius 1 is 1.14 bits per heavy atom. The molecule has 0 saturated carbocycles. The third-order valence-corrected chi connectivity index (χ3v) is 0.667.